The largest absolute Gasteiger partial charge is 0.329 e. The average Bonchev–Trinajstić information content (AvgIpc) is 2.33. The van der Waals surface area contributed by atoms with E-state index >= 15 is 0 Å². The van der Waals surface area contributed by atoms with Crippen molar-refractivity contribution in [2.75, 3.05) is 11.4 Å². The molecule has 0 saturated carbocycles. The van der Waals surface area contributed by atoms with Crippen LogP contribution in [0.15, 0.2) is 18.2 Å². The Morgan fingerprint density at radius 3 is 2.53 bits per heavy atom. The zero-order valence-electron chi connectivity index (χ0n) is 10.9. The van der Waals surface area contributed by atoms with E-state index < -0.39 is 0 Å². The number of nitrogens with one attached hydrogen (secondary N) is 1. The molecule has 0 radical (unpaired) electrons. The van der Waals surface area contributed by atoms with Crippen LogP contribution in [0.1, 0.15) is 38.7 Å². The molecule has 0 aliphatic carbocycles. The van der Waals surface area contributed by atoms with Crippen LogP contribution in [0.4, 0.5) is 5.69 Å². The molecule has 17 heavy (non-hydrogen) atoms. The second-order valence-corrected chi connectivity index (χ2v) is 4.42. The summed E-state index contributed by atoms with van der Waals surface area (Å²) in [5, 5.41) is 8.65. The van der Waals surface area contributed by atoms with Crippen molar-refractivity contribution in [3.63, 3.8) is 0 Å². The van der Waals surface area contributed by atoms with Gasteiger partial charge in [-0.2, -0.15) is 0 Å². The van der Waals surface area contributed by atoms with Gasteiger partial charge in [0.05, 0.1) is 10.7 Å². The smallest absolute Gasteiger partial charge is 0.100 e. The van der Waals surface area contributed by atoms with E-state index in [1.54, 1.807) is 0 Å². The Morgan fingerprint density at radius 1 is 1.24 bits per heavy atom. The van der Waals surface area contributed by atoms with Gasteiger partial charge in [0.1, 0.15) is 5.84 Å². The van der Waals surface area contributed by atoms with Gasteiger partial charge in [-0.25, -0.2) is 0 Å². The molecule has 0 spiro atoms. The molecule has 0 amide bonds. The summed E-state index contributed by atoms with van der Waals surface area (Å²) < 4.78 is 0. The van der Waals surface area contributed by atoms with Crippen LogP contribution in [0.3, 0.4) is 0 Å². The fourth-order valence-corrected chi connectivity index (χ4v) is 2.27. The lowest BCUT2D eigenvalue weighted by Gasteiger charge is -2.30. The number of amidine groups is 1. The number of anilines is 1. The minimum atomic E-state index is 0.687. The van der Waals surface area contributed by atoms with E-state index in [2.05, 4.69) is 0 Å². The Labute approximate surface area is 109 Å². The fourth-order valence-electron chi connectivity index (χ4n) is 1.93. The molecule has 2 rings (SSSR count). The summed E-state index contributed by atoms with van der Waals surface area (Å²) in [6, 6.07) is 6.01. The van der Waals surface area contributed by atoms with Crippen LogP contribution in [-0.2, 0) is 0 Å². The molecular weight excluding hydrogens is 232 g/mol. The lowest BCUT2D eigenvalue weighted by atomic mass is 10.1. The van der Waals surface area contributed by atoms with Gasteiger partial charge < -0.3 is 4.90 Å². The highest BCUT2D eigenvalue weighted by atomic mass is 35.5. The Morgan fingerprint density at radius 2 is 1.94 bits per heavy atom. The van der Waals surface area contributed by atoms with Crippen LogP contribution in [0.2, 0.25) is 5.02 Å². The normalized spacial score (nSPS) is 15.3. The van der Waals surface area contributed by atoms with Gasteiger partial charge in [-0.15, -0.1) is 0 Å². The molecule has 1 aromatic carbocycles. The Bertz CT molecular complexity index is 388. The average molecular weight is 253 g/mol. The molecule has 1 aliphatic rings. The molecule has 94 valence electrons. The zero-order chi connectivity index (χ0) is 12.8. The van der Waals surface area contributed by atoms with Crippen molar-refractivity contribution in [2.45, 2.75) is 40.0 Å². The zero-order valence-corrected chi connectivity index (χ0v) is 11.6. The van der Waals surface area contributed by atoms with Gasteiger partial charge in [0.25, 0.3) is 0 Å². The molecule has 3 heteroatoms. The third kappa shape index (κ3) is 3.47. The van der Waals surface area contributed by atoms with Crippen molar-refractivity contribution < 1.29 is 0 Å². The SMILES string of the molecule is CC.Cc1ccc(N2CCCCC2=N)c(Cl)c1. The van der Waals surface area contributed by atoms with Gasteiger partial charge in [0.2, 0.25) is 0 Å². The molecule has 1 heterocycles. The van der Waals surface area contributed by atoms with Crippen LogP contribution < -0.4 is 4.90 Å². The summed E-state index contributed by atoms with van der Waals surface area (Å²) in [4.78, 5) is 2.02. The van der Waals surface area contributed by atoms with Crippen molar-refractivity contribution in [2.24, 2.45) is 0 Å². The van der Waals surface area contributed by atoms with E-state index in [1.165, 1.54) is 0 Å². The van der Waals surface area contributed by atoms with Gasteiger partial charge in [0.15, 0.2) is 0 Å². The predicted octanol–water partition coefficient (Wildman–Crippen LogP) is 4.64. The van der Waals surface area contributed by atoms with Gasteiger partial charge in [0, 0.05) is 13.0 Å². The minimum absolute atomic E-state index is 0.687. The Kier molecular flexibility index (Phi) is 5.49. The molecule has 1 N–H and O–H groups in total. The van der Waals surface area contributed by atoms with Crippen LogP contribution in [0.5, 0.6) is 0 Å². The summed E-state index contributed by atoms with van der Waals surface area (Å²) in [7, 11) is 0. The lowest BCUT2D eigenvalue weighted by Crippen LogP contribution is -2.34. The highest BCUT2D eigenvalue weighted by molar-refractivity contribution is 6.34. The molecule has 1 saturated heterocycles. The highest BCUT2D eigenvalue weighted by Gasteiger charge is 2.18. The number of nitrogens with zero attached hydrogens (tertiary/aromatic N) is 1. The maximum atomic E-state index is 7.90. The molecule has 1 aliphatic heterocycles. The number of hydrogen-bond donors (Lipinski definition) is 1. The second-order valence-electron chi connectivity index (χ2n) is 4.01. The monoisotopic (exact) mass is 252 g/mol. The van der Waals surface area contributed by atoms with E-state index in [-0.39, 0.29) is 0 Å². The summed E-state index contributed by atoms with van der Waals surface area (Å²) in [5.74, 6) is 0.687. The van der Waals surface area contributed by atoms with Gasteiger partial charge in [-0.05, 0) is 37.5 Å². The topological polar surface area (TPSA) is 27.1 Å². The van der Waals surface area contributed by atoms with E-state index in [9.17, 15) is 0 Å². The van der Waals surface area contributed by atoms with Crippen LogP contribution in [0.25, 0.3) is 0 Å². The van der Waals surface area contributed by atoms with Crippen molar-refractivity contribution in [1.29, 1.82) is 5.41 Å². The molecule has 0 unspecified atom stereocenters. The molecular formula is C14H21ClN2. The molecule has 0 atom stereocenters. The van der Waals surface area contributed by atoms with Crippen molar-refractivity contribution in [3.05, 3.63) is 28.8 Å². The summed E-state index contributed by atoms with van der Waals surface area (Å²) >= 11 is 6.19. The van der Waals surface area contributed by atoms with E-state index in [1.807, 2.05) is 43.9 Å². The number of aryl methyl sites for hydroxylation is 1. The first-order valence-corrected chi connectivity index (χ1v) is 6.67. The number of rotatable bonds is 1. The maximum absolute atomic E-state index is 7.90. The van der Waals surface area contributed by atoms with E-state index in [0.29, 0.717) is 5.84 Å². The number of benzene rings is 1. The maximum Gasteiger partial charge on any atom is 0.100 e. The highest BCUT2D eigenvalue weighted by Crippen LogP contribution is 2.29. The fraction of sp³-hybridized carbons (Fsp3) is 0.500. The van der Waals surface area contributed by atoms with E-state index in [0.717, 1.165) is 42.1 Å². The Balaban J connectivity index is 0.000000686. The first-order chi connectivity index (χ1) is 8.18. The van der Waals surface area contributed by atoms with Crippen molar-refractivity contribution >= 4 is 23.1 Å². The molecule has 0 aromatic heterocycles. The number of piperidine rings is 1. The summed E-state index contributed by atoms with van der Waals surface area (Å²) in [6.07, 6.45) is 3.13. The summed E-state index contributed by atoms with van der Waals surface area (Å²) in [6.45, 7) is 6.94. The quantitative estimate of drug-likeness (QED) is 0.774. The standard InChI is InChI=1S/C12H15ClN2.C2H6/c1-9-5-6-11(10(13)8-9)15-7-3-2-4-12(15)14;1-2/h5-6,8,14H,2-4,7H2,1H3;1-2H3. The van der Waals surface area contributed by atoms with Gasteiger partial charge in [-0.1, -0.05) is 31.5 Å². The second kappa shape index (κ2) is 6.65. The molecule has 1 aromatic rings. The van der Waals surface area contributed by atoms with Crippen LogP contribution in [-0.4, -0.2) is 12.4 Å². The lowest BCUT2D eigenvalue weighted by molar-refractivity contribution is 0.707. The van der Waals surface area contributed by atoms with Gasteiger partial charge >= 0.3 is 0 Å². The van der Waals surface area contributed by atoms with Crippen LogP contribution in [0, 0.1) is 12.3 Å². The Hall–Kier alpha value is -1.02. The third-order valence-corrected chi connectivity index (χ3v) is 3.07. The first kappa shape index (κ1) is 14.0. The number of halogens is 1. The van der Waals surface area contributed by atoms with Crippen LogP contribution >= 0.6 is 11.6 Å². The molecule has 2 nitrogen and oxygen atoms in total. The molecule has 0 bridgehead atoms. The van der Waals surface area contributed by atoms with Gasteiger partial charge in [-0.3, -0.25) is 5.41 Å². The summed E-state index contributed by atoms with van der Waals surface area (Å²) in [5.41, 5.74) is 2.14. The van der Waals surface area contributed by atoms with Crippen molar-refractivity contribution in [1.82, 2.24) is 0 Å². The number of hydrogen-bond acceptors (Lipinski definition) is 1. The first-order valence-electron chi connectivity index (χ1n) is 6.29. The van der Waals surface area contributed by atoms with E-state index in [4.69, 9.17) is 17.0 Å². The third-order valence-electron chi connectivity index (χ3n) is 2.77. The predicted molar refractivity (Wildman–Crippen MR) is 76.5 cm³/mol. The molecule has 1 fully saturated rings. The minimum Gasteiger partial charge on any atom is -0.329 e. The van der Waals surface area contributed by atoms with Crippen molar-refractivity contribution in [3.8, 4) is 0 Å².